The number of fused-ring (bicyclic) bond motifs is 1. The monoisotopic (exact) mass is 314 g/mol. The van der Waals surface area contributed by atoms with Gasteiger partial charge in [-0.25, -0.2) is 0 Å². The summed E-state index contributed by atoms with van der Waals surface area (Å²) in [6.45, 7) is 3.96. The van der Waals surface area contributed by atoms with E-state index >= 15 is 0 Å². The van der Waals surface area contributed by atoms with Gasteiger partial charge in [0, 0.05) is 4.88 Å². The molecule has 114 valence electrons. The van der Waals surface area contributed by atoms with Crippen molar-refractivity contribution >= 4 is 22.2 Å². The molecule has 2 heterocycles. The van der Waals surface area contributed by atoms with Gasteiger partial charge in [-0.05, 0) is 43.7 Å². The molecule has 2 aromatic heterocycles. The third-order valence-corrected chi connectivity index (χ3v) is 5.56. The lowest BCUT2D eigenvalue weighted by molar-refractivity contribution is 0.102. The summed E-state index contributed by atoms with van der Waals surface area (Å²) in [6, 6.07) is 3.92. The minimum atomic E-state index is -0.214. The van der Waals surface area contributed by atoms with Crippen LogP contribution in [-0.4, -0.2) is 5.91 Å². The summed E-state index contributed by atoms with van der Waals surface area (Å²) in [4.78, 5) is 13.6. The quantitative estimate of drug-likeness (QED) is 0.919. The molecule has 0 radical (unpaired) electrons. The van der Waals surface area contributed by atoms with Crippen LogP contribution in [-0.2, 0) is 12.8 Å². The molecule has 1 N–H and O–H groups in total. The van der Waals surface area contributed by atoms with Crippen molar-refractivity contribution in [2.24, 2.45) is 5.92 Å². The van der Waals surface area contributed by atoms with Gasteiger partial charge < -0.3 is 9.73 Å². The molecule has 4 nitrogen and oxygen atoms in total. The summed E-state index contributed by atoms with van der Waals surface area (Å²) in [5, 5.41) is 13.0. The van der Waals surface area contributed by atoms with E-state index in [9.17, 15) is 10.1 Å². The van der Waals surface area contributed by atoms with E-state index in [0.717, 1.165) is 31.2 Å². The van der Waals surface area contributed by atoms with Crippen molar-refractivity contribution in [2.45, 2.75) is 39.5 Å². The fraction of sp³-hybridized carbons (Fsp3) is 0.412. The Kier molecular flexibility index (Phi) is 4.04. The van der Waals surface area contributed by atoms with Crippen LogP contribution in [0.3, 0.4) is 0 Å². The van der Waals surface area contributed by atoms with E-state index in [1.807, 2.05) is 0 Å². The maximum atomic E-state index is 12.3. The lowest BCUT2D eigenvalue weighted by Crippen LogP contribution is -2.13. The molecule has 3 rings (SSSR count). The molecule has 0 spiro atoms. The van der Waals surface area contributed by atoms with Gasteiger partial charge in [0.1, 0.15) is 16.8 Å². The first kappa shape index (κ1) is 14.9. The third kappa shape index (κ3) is 2.55. The maximum Gasteiger partial charge on any atom is 0.259 e. The van der Waals surface area contributed by atoms with Crippen LogP contribution in [0.15, 0.2) is 16.7 Å². The van der Waals surface area contributed by atoms with Crippen LogP contribution >= 0.6 is 11.3 Å². The van der Waals surface area contributed by atoms with Gasteiger partial charge in [0.2, 0.25) is 0 Å². The van der Waals surface area contributed by atoms with Gasteiger partial charge >= 0.3 is 0 Å². The molecule has 0 aromatic carbocycles. The van der Waals surface area contributed by atoms with Crippen LogP contribution in [0, 0.1) is 24.2 Å². The first-order valence-electron chi connectivity index (χ1n) is 7.54. The second-order valence-corrected chi connectivity index (χ2v) is 6.79. The number of carbonyl (C=O) groups excluding carboxylic acids is 1. The van der Waals surface area contributed by atoms with Gasteiger partial charge in [-0.1, -0.05) is 13.3 Å². The van der Waals surface area contributed by atoms with Gasteiger partial charge in [-0.2, -0.15) is 5.26 Å². The predicted octanol–water partition coefficient (Wildman–Crippen LogP) is 4.29. The third-order valence-electron chi connectivity index (χ3n) is 4.39. The highest BCUT2D eigenvalue weighted by Crippen LogP contribution is 2.40. The van der Waals surface area contributed by atoms with Crippen LogP contribution in [0.5, 0.6) is 0 Å². The maximum absolute atomic E-state index is 12.3. The second kappa shape index (κ2) is 5.98. The highest BCUT2D eigenvalue weighted by molar-refractivity contribution is 7.16. The Hall–Kier alpha value is -2.06. The topological polar surface area (TPSA) is 66.0 Å². The van der Waals surface area contributed by atoms with E-state index < -0.39 is 0 Å². The number of nitrogens with zero attached hydrogens (tertiary/aromatic N) is 1. The smallest absolute Gasteiger partial charge is 0.259 e. The molecule has 22 heavy (non-hydrogen) atoms. The Labute approximate surface area is 133 Å². The van der Waals surface area contributed by atoms with Crippen LogP contribution in [0.25, 0.3) is 0 Å². The molecule has 0 aliphatic heterocycles. The molecular weight excluding hydrogens is 296 g/mol. The highest BCUT2D eigenvalue weighted by atomic mass is 32.1. The fourth-order valence-electron chi connectivity index (χ4n) is 3.00. The molecule has 2 aromatic rings. The number of furan rings is 1. The number of nitriles is 1. The molecule has 0 fully saturated rings. The van der Waals surface area contributed by atoms with Gasteiger partial charge in [0.05, 0.1) is 17.4 Å². The summed E-state index contributed by atoms with van der Waals surface area (Å²) in [7, 11) is 0. The zero-order valence-electron chi connectivity index (χ0n) is 12.7. The van der Waals surface area contributed by atoms with Crippen molar-refractivity contribution in [3.05, 3.63) is 39.7 Å². The van der Waals surface area contributed by atoms with Crippen molar-refractivity contribution in [3.8, 4) is 6.07 Å². The molecule has 1 amide bonds. The Morgan fingerprint density at radius 1 is 1.59 bits per heavy atom. The molecular formula is C17H18N2O2S. The largest absolute Gasteiger partial charge is 0.469 e. The average molecular weight is 314 g/mol. The summed E-state index contributed by atoms with van der Waals surface area (Å²) in [5.74, 6) is 1.06. The van der Waals surface area contributed by atoms with E-state index in [2.05, 4.69) is 18.3 Å². The van der Waals surface area contributed by atoms with Crippen LogP contribution < -0.4 is 5.32 Å². The molecule has 0 bridgehead atoms. The lowest BCUT2D eigenvalue weighted by Gasteiger charge is -2.20. The summed E-state index contributed by atoms with van der Waals surface area (Å²) in [6.07, 6.45) is 5.75. The van der Waals surface area contributed by atoms with E-state index in [1.54, 1.807) is 24.3 Å². The van der Waals surface area contributed by atoms with Gasteiger partial charge in [0.25, 0.3) is 5.91 Å². The number of hydrogen-bond donors (Lipinski definition) is 1. The van der Waals surface area contributed by atoms with Crippen molar-refractivity contribution in [3.63, 3.8) is 0 Å². The number of nitrogens with one attached hydrogen (secondary N) is 1. The zero-order valence-corrected chi connectivity index (χ0v) is 13.5. The summed E-state index contributed by atoms with van der Waals surface area (Å²) < 4.78 is 5.17. The second-order valence-electron chi connectivity index (χ2n) is 5.68. The van der Waals surface area contributed by atoms with Crippen LogP contribution in [0.4, 0.5) is 5.00 Å². The van der Waals surface area contributed by atoms with Crippen molar-refractivity contribution < 1.29 is 9.21 Å². The summed E-state index contributed by atoms with van der Waals surface area (Å²) >= 11 is 1.55. The van der Waals surface area contributed by atoms with Crippen molar-refractivity contribution in [2.75, 3.05) is 5.32 Å². The molecule has 0 saturated carbocycles. The number of thiophene rings is 1. The Morgan fingerprint density at radius 2 is 2.41 bits per heavy atom. The number of amides is 1. The number of hydrogen-bond acceptors (Lipinski definition) is 4. The molecule has 1 unspecified atom stereocenters. The highest BCUT2D eigenvalue weighted by Gasteiger charge is 2.26. The Balaban J connectivity index is 1.89. The first-order valence-corrected chi connectivity index (χ1v) is 8.35. The minimum absolute atomic E-state index is 0.214. The Morgan fingerprint density at radius 3 is 3.05 bits per heavy atom. The van der Waals surface area contributed by atoms with E-state index in [1.165, 1.54) is 11.1 Å². The molecule has 1 atom stereocenters. The van der Waals surface area contributed by atoms with Crippen LogP contribution in [0.1, 0.15) is 51.9 Å². The van der Waals surface area contributed by atoms with Crippen molar-refractivity contribution in [1.29, 1.82) is 5.26 Å². The van der Waals surface area contributed by atoms with Crippen molar-refractivity contribution in [1.82, 2.24) is 0 Å². The molecule has 1 aliphatic carbocycles. The SMILES string of the molecule is CCC1CCc2c(sc(NC(=O)c3ccoc3C)c2C#N)C1. The average Bonchev–Trinajstić information content (AvgIpc) is 3.09. The van der Waals surface area contributed by atoms with Gasteiger partial charge in [0.15, 0.2) is 0 Å². The van der Waals surface area contributed by atoms with Crippen LogP contribution in [0.2, 0.25) is 0 Å². The minimum Gasteiger partial charge on any atom is -0.469 e. The first-order chi connectivity index (χ1) is 10.6. The van der Waals surface area contributed by atoms with E-state index in [4.69, 9.17) is 4.42 Å². The van der Waals surface area contributed by atoms with E-state index in [-0.39, 0.29) is 5.91 Å². The summed E-state index contributed by atoms with van der Waals surface area (Å²) in [5.41, 5.74) is 2.29. The number of aryl methyl sites for hydroxylation is 1. The number of rotatable bonds is 3. The predicted molar refractivity (Wildman–Crippen MR) is 86.2 cm³/mol. The molecule has 1 aliphatic rings. The zero-order chi connectivity index (χ0) is 15.7. The number of anilines is 1. The van der Waals surface area contributed by atoms with Gasteiger partial charge in [-0.15, -0.1) is 11.3 Å². The Bertz CT molecular complexity index is 751. The molecule has 0 saturated heterocycles. The van der Waals surface area contributed by atoms with Gasteiger partial charge in [-0.3, -0.25) is 4.79 Å². The number of carbonyl (C=O) groups is 1. The molecule has 5 heteroatoms. The lowest BCUT2D eigenvalue weighted by atomic mass is 9.86. The fourth-order valence-corrected chi connectivity index (χ4v) is 4.31. The standard InChI is InChI=1S/C17H18N2O2S/c1-3-11-4-5-13-14(9-18)17(22-15(13)8-11)19-16(20)12-6-7-21-10(12)2/h6-7,11H,3-5,8H2,1-2H3,(H,19,20). The normalized spacial score (nSPS) is 16.9. The van der Waals surface area contributed by atoms with E-state index in [0.29, 0.717) is 27.8 Å².